The van der Waals surface area contributed by atoms with Crippen LogP contribution in [-0.4, -0.2) is 28.8 Å². The average molecular weight is 190 g/mol. The largest absolute Gasteiger partial charge is 0.363 e. The van der Waals surface area contributed by atoms with Crippen LogP contribution in [0.5, 0.6) is 0 Å². The van der Waals surface area contributed by atoms with Gasteiger partial charge in [-0.25, -0.2) is 0 Å². The molecule has 1 rings (SSSR count). The van der Waals surface area contributed by atoms with Gasteiger partial charge in [-0.3, -0.25) is 9.35 Å². The molecule has 1 unspecified atom stereocenters. The van der Waals surface area contributed by atoms with E-state index in [-0.39, 0.29) is 0 Å². The number of carbonyl (C=O) groups is 1. The van der Waals surface area contributed by atoms with Gasteiger partial charge >= 0.3 is 10.1 Å². The Kier molecular flexibility index (Phi) is 1.91. The number of carbonyl (C=O) groups excluding carboxylic acids is 1. The second-order valence-electron chi connectivity index (χ2n) is 2.25. The van der Waals surface area contributed by atoms with E-state index in [0.29, 0.717) is 6.08 Å². The van der Waals surface area contributed by atoms with Crippen LogP contribution in [0.4, 0.5) is 0 Å². The van der Waals surface area contributed by atoms with Crippen LogP contribution in [0.25, 0.3) is 0 Å². The zero-order chi connectivity index (χ0) is 9.41. The average Bonchev–Trinajstić information content (AvgIpc) is 1.93. The van der Waals surface area contributed by atoms with Crippen molar-refractivity contribution in [1.29, 1.82) is 0 Å². The molecule has 0 aromatic rings. The highest BCUT2D eigenvalue weighted by molar-refractivity contribution is 7.88. The second kappa shape index (κ2) is 2.51. The predicted molar refractivity (Wildman–Crippen MR) is 39.8 cm³/mol. The minimum absolute atomic E-state index is 0.713. The van der Waals surface area contributed by atoms with Gasteiger partial charge in [0.2, 0.25) is 5.78 Å². The molecule has 66 valence electrons. The maximum absolute atomic E-state index is 10.8. The van der Waals surface area contributed by atoms with E-state index in [1.165, 1.54) is 6.08 Å². The summed E-state index contributed by atoms with van der Waals surface area (Å²) in [5.41, 5.74) is 0. The van der Waals surface area contributed by atoms with Gasteiger partial charge in [0.1, 0.15) is 0 Å². The van der Waals surface area contributed by atoms with Crippen molar-refractivity contribution in [2.75, 3.05) is 0 Å². The van der Waals surface area contributed by atoms with Gasteiger partial charge in [-0.05, 0) is 12.2 Å². The van der Waals surface area contributed by atoms with Gasteiger partial charge in [0.15, 0.2) is 0 Å². The molecule has 1 atom stereocenters. The van der Waals surface area contributed by atoms with Crippen LogP contribution < -0.4 is 0 Å². The molecule has 0 heterocycles. The molecular weight excluding hydrogens is 184 g/mol. The Labute approximate surface area is 68.8 Å². The third-order valence-corrected chi connectivity index (χ3v) is 2.55. The molecule has 0 saturated heterocycles. The van der Waals surface area contributed by atoms with Gasteiger partial charge in [0.05, 0.1) is 0 Å². The fourth-order valence-corrected chi connectivity index (χ4v) is 1.32. The van der Waals surface area contributed by atoms with Crippen molar-refractivity contribution in [1.82, 2.24) is 0 Å². The Hall–Kier alpha value is -0.980. The van der Waals surface area contributed by atoms with E-state index in [1.54, 1.807) is 0 Å². The van der Waals surface area contributed by atoms with Crippen LogP contribution in [0.2, 0.25) is 0 Å². The summed E-state index contributed by atoms with van der Waals surface area (Å²) in [6.07, 6.45) is 4.01. The van der Waals surface area contributed by atoms with Crippen LogP contribution >= 0.6 is 0 Å². The van der Waals surface area contributed by atoms with Crippen LogP contribution in [-0.2, 0) is 14.9 Å². The quantitative estimate of drug-likeness (QED) is 0.531. The molecule has 1 aliphatic rings. The molecule has 0 bridgehead atoms. The smallest absolute Gasteiger partial charge is 0.306 e. The van der Waals surface area contributed by atoms with Gasteiger partial charge in [0, 0.05) is 0 Å². The third kappa shape index (κ3) is 1.20. The first-order valence-corrected chi connectivity index (χ1v) is 4.42. The maximum Gasteiger partial charge on any atom is 0.306 e. The van der Waals surface area contributed by atoms with E-state index in [1.807, 2.05) is 0 Å². The fourth-order valence-electron chi connectivity index (χ4n) is 0.744. The SMILES string of the molecule is O=C1C=CC=CC1(O)S(=O)(=O)O. The van der Waals surface area contributed by atoms with Crippen LogP contribution in [0.3, 0.4) is 0 Å². The van der Waals surface area contributed by atoms with Crippen LogP contribution in [0.15, 0.2) is 24.3 Å². The highest BCUT2D eigenvalue weighted by Crippen LogP contribution is 2.19. The lowest BCUT2D eigenvalue weighted by molar-refractivity contribution is -0.122. The molecule has 0 amide bonds. The monoisotopic (exact) mass is 190 g/mol. The summed E-state index contributed by atoms with van der Waals surface area (Å²) >= 11 is 0. The van der Waals surface area contributed by atoms with E-state index >= 15 is 0 Å². The van der Waals surface area contributed by atoms with Crippen molar-refractivity contribution in [3.63, 3.8) is 0 Å². The van der Waals surface area contributed by atoms with Crippen molar-refractivity contribution in [2.45, 2.75) is 4.93 Å². The first-order chi connectivity index (χ1) is 5.38. The molecular formula is C6H6O5S. The fraction of sp³-hybridized carbons (Fsp3) is 0.167. The summed E-state index contributed by atoms with van der Waals surface area (Å²) in [4.78, 5) is 8.03. The minimum atomic E-state index is -4.81. The van der Waals surface area contributed by atoms with E-state index < -0.39 is 20.8 Å². The van der Waals surface area contributed by atoms with Crippen LogP contribution in [0, 0.1) is 0 Å². The van der Waals surface area contributed by atoms with Crippen molar-refractivity contribution in [2.24, 2.45) is 0 Å². The molecule has 5 nitrogen and oxygen atoms in total. The standard InChI is InChI=1S/C6H6O5S/c7-5-3-1-2-4-6(5,8)12(9,10)11/h1-4,8H,(H,9,10,11). The van der Waals surface area contributed by atoms with Gasteiger partial charge in [-0.15, -0.1) is 0 Å². The number of rotatable bonds is 1. The molecule has 0 saturated carbocycles. The summed E-state index contributed by atoms with van der Waals surface area (Å²) in [5, 5.41) is 9.15. The highest BCUT2D eigenvalue weighted by atomic mass is 32.2. The Bertz CT molecular complexity index is 363. The summed E-state index contributed by atoms with van der Waals surface area (Å²) in [6, 6.07) is 0. The van der Waals surface area contributed by atoms with E-state index in [0.717, 1.165) is 12.2 Å². The Balaban J connectivity index is 3.26. The lowest BCUT2D eigenvalue weighted by Gasteiger charge is -2.18. The minimum Gasteiger partial charge on any atom is -0.363 e. The molecule has 2 N–H and O–H groups in total. The van der Waals surface area contributed by atoms with Gasteiger partial charge in [-0.1, -0.05) is 12.2 Å². The molecule has 12 heavy (non-hydrogen) atoms. The Morgan fingerprint density at radius 2 is 1.92 bits per heavy atom. The molecule has 0 radical (unpaired) electrons. The summed E-state index contributed by atoms with van der Waals surface area (Å²) in [5.74, 6) is -1.08. The van der Waals surface area contributed by atoms with Gasteiger partial charge in [0.25, 0.3) is 4.93 Å². The van der Waals surface area contributed by atoms with Crippen molar-refractivity contribution < 1.29 is 22.9 Å². The molecule has 0 spiro atoms. The topological polar surface area (TPSA) is 91.7 Å². The summed E-state index contributed by atoms with van der Waals surface area (Å²) < 4.78 is 29.5. The molecule has 6 heteroatoms. The predicted octanol–water partition coefficient (Wildman–Crippen LogP) is -0.742. The van der Waals surface area contributed by atoms with E-state index in [9.17, 15) is 13.2 Å². The van der Waals surface area contributed by atoms with Crippen molar-refractivity contribution in [3.8, 4) is 0 Å². The number of ketones is 1. The van der Waals surface area contributed by atoms with E-state index in [4.69, 9.17) is 9.66 Å². The van der Waals surface area contributed by atoms with Crippen LogP contribution in [0.1, 0.15) is 0 Å². The third-order valence-electron chi connectivity index (χ3n) is 1.43. The zero-order valence-electron chi connectivity index (χ0n) is 5.84. The van der Waals surface area contributed by atoms with Gasteiger partial charge in [-0.2, -0.15) is 8.42 Å². The maximum atomic E-state index is 10.8. The molecule has 0 aromatic carbocycles. The lowest BCUT2D eigenvalue weighted by Crippen LogP contribution is -2.44. The normalized spacial score (nSPS) is 29.3. The number of aliphatic hydroxyl groups is 1. The van der Waals surface area contributed by atoms with Crippen molar-refractivity contribution >= 4 is 15.9 Å². The Morgan fingerprint density at radius 1 is 1.33 bits per heavy atom. The Morgan fingerprint density at radius 3 is 2.25 bits per heavy atom. The highest BCUT2D eigenvalue weighted by Gasteiger charge is 2.45. The molecule has 0 aliphatic heterocycles. The lowest BCUT2D eigenvalue weighted by atomic mass is 10.1. The van der Waals surface area contributed by atoms with E-state index in [2.05, 4.69) is 0 Å². The first kappa shape index (κ1) is 9.11. The van der Waals surface area contributed by atoms with Crippen molar-refractivity contribution in [3.05, 3.63) is 24.3 Å². The second-order valence-corrected chi connectivity index (χ2v) is 3.83. The summed E-state index contributed by atoms with van der Waals surface area (Å²) in [7, 11) is -4.81. The number of hydrogen-bond donors (Lipinski definition) is 2. The number of hydrogen-bond acceptors (Lipinski definition) is 4. The first-order valence-electron chi connectivity index (χ1n) is 2.98. The molecule has 1 aliphatic carbocycles. The zero-order valence-corrected chi connectivity index (χ0v) is 6.65. The number of allylic oxidation sites excluding steroid dienone is 2. The molecule has 0 aromatic heterocycles. The molecule has 0 fully saturated rings. The van der Waals surface area contributed by atoms with Gasteiger partial charge < -0.3 is 5.11 Å². The summed E-state index contributed by atoms with van der Waals surface area (Å²) in [6.45, 7) is 0.